The van der Waals surface area contributed by atoms with E-state index in [1.54, 1.807) is 7.11 Å². The highest BCUT2D eigenvalue weighted by Crippen LogP contribution is 2.15. The largest absolute Gasteiger partial charge is 0.383 e. The molecule has 1 fully saturated rings. The highest BCUT2D eigenvalue weighted by molar-refractivity contribution is 4.79. The maximum Gasteiger partial charge on any atom is 0.0587 e. The lowest BCUT2D eigenvalue weighted by molar-refractivity contribution is 0.130. The Morgan fingerprint density at radius 1 is 1.35 bits per heavy atom. The number of hydrogen-bond acceptors (Lipinski definition) is 4. The summed E-state index contributed by atoms with van der Waals surface area (Å²) in [4.78, 5) is 4.91. The minimum atomic E-state index is 0.723. The lowest BCUT2D eigenvalue weighted by Crippen LogP contribution is -2.48. The number of methoxy groups -OCH3 is 1. The zero-order valence-electron chi connectivity index (χ0n) is 11.7. The van der Waals surface area contributed by atoms with Crippen LogP contribution >= 0.6 is 0 Å². The first-order chi connectivity index (χ1) is 8.24. The molecule has 0 spiro atoms. The fourth-order valence-electron chi connectivity index (χ4n) is 2.36. The van der Waals surface area contributed by atoms with E-state index in [2.05, 4.69) is 29.2 Å². The van der Waals surface area contributed by atoms with Gasteiger partial charge in [-0.1, -0.05) is 6.42 Å². The second kappa shape index (κ2) is 8.86. The van der Waals surface area contributed by atoms with Gasteiger partial charge in [0.25, 0.3) is 0 Å². The Kier molecular flexibility index (Phi) is 7.77. The molecule has 0 radical (unpaired) electrons. The molecule has 1 atom stereocenters. The molecule has 1 unspecified atom stereocenters. The SMILES string of the molecule is COCCNCC1CCCCN1CCN(C)C. The number of likely N-dealkylation sites (tertiary alicyclic amines) is 1. The molecular formula is C13H29N3O. The number of nitrogens with zero attached hydrogens (tertiary/aromatic N) is 2. The molecule has 1 saturated heterocycles. The standard InChI is InChI=1S/C13H29N3O/c1-15(2)9-10-16-8-5-4-6-13(16)12-14-7-11-17-3/h13-14H,4-12H2,1-3H3. The topological polar surface area (TPSA) is 27.7 Å². The Hall–Kier alpha value is -0.160. The highest BCUT2D eigenvalue weighted by atomic mass is 16.5. The quantitative estimate of drug-likeness (QED) is 0.633. The second-order valence-electron chi connectivity index (χ2n) is 5.19. The first kappa shape index (κ1) is 14.9. The van der Waals surface area contributed by atoms with Crippen molar-refractivity contribution in [2.45, 2.75) is 25.3 Å². The lowest BCUT2D eigenvalue weighted by atomic mass is 10.0. The Bertz CT molecular complexity index is 188. The van der Waals surface area contributed by atoms with Crippen molar-refractivity contribution in [1.82, 2.24) is 15.1 Å². The van der Waals surface area contributed by atoms with Crippen molar-refractivity contribution >= 4 is 0 Å². The van der Waals surface area contributed by atoms with Crippen LogP contribution in [0.15, 0.2) is 0 Å². The molecule has 0 aromatic heterocycles. The van der Waals surface area contributed by atoms with E-state index in [-0.39, 0.29) is 0 Å². The summed E-state index contributed by atoms with van der Waals surface area (Å²) < 4.78 is 5.05. The Morgan fingerprint density at radius 2 is 2.18 bits per heavy atom. The van der Waals surface area contributed by atoms with E-state index in [0.29, 0.717) is 0 Å². The van der Waals surface area contributed by atoms with Crippen molar-refractivity contribution in [2.75, 3.05) is 60.5 Å². The van der Waals surface area contributed by atoms with Crippen LogP contribution in [0.5, 0.6) is 0 Å². The van der Waals surface area contributed by atoms with Gasteiger partial charge in [-0.05, 0) is 33.5 Å². The van der Waals surface area contributed by atoms with E-state index in [1.165, 1.54) is 32.4 Å². The van der Waals surface area contributed by atoms with Crippen LogP contribution in [0.1, 0.15) is 19.3 Å². The van der Waals surface area contributed by atoms with Gasteiger partial charge >= 0.3 is 0 Å². The third-order valence-corrected chi connectivity index (χ3v) is 3.45. The molecule has 0 aromatic carbocycles. The van der Waals surface area contributed by atoms with Crippen molar-refractivity contribution in [2.24, 2.45) is 0 Å². The molecule has 1 rings (SSSR count). The molecule has 4 heteroatoms. The number of ether oxygens (including phenoxy) is 1. The average Bonchev–Trinajstić information content (AvgIpc) is 2.33. The molecule has 4 nitrogen and oxygen atoms in total. The van der Waals surface area contributed by atoms with E-state index in [4.69, 9.17) is 4.74 Å². The molecule has 1 N–H and O–H groups in total. The third-order valence-electron chi connectivity index (χ3n) is 3.45. The maximum absolute atomic E-state index is 5.05. The Labute approximate surface area is 106 Å². The molecule has 0 aromatic rings. The number of likely N-dealkylation sites (N-methyl/N-ethyl adjacent to an activating group) is 1. The van der Waals surface area contributed by atoms with Gasteiger partial charge in [0.2, 0.25) is 0 Å². The number of rotatable bonds is 8. The fraction of sp³-hybridized carbons (Fsp3) is 1.00. The number of nitrogens with one attached hydrogen (secondary N) is 1. The Balaban J connectivity index is 2.22. The van der Waals surface area contributed by atoms with Gasteiger partial charge in [-0.3, -0.25) is 4.90 Å². The van der Waals surface area contributed by atoms with Gasteiger partial charge in [-0.25, -0.2) is 0 Å². The van der Waals surface area contributed by atoms with Gasteiger partial charge in [0.1, 0.15) is 0 Å². The molecule has 1 aliphatic heterocycles. The van der Waals surface area contributed by atoms with Crippen LogP contribution in [-0.2, 0) is 4.74 Å². The number of piperidine rings is 1. The molecule has 17 heavy (non-hydrogen) atoms. The van der Waals surface area contributed by atoms with E-state index in [0.717, 1.165) is 32.3 Å². The van der Waals surface area contributed by atoms with E-state index in [9.17, 15) is 0 Å². The summed E-state index contributed by atoms with van der Waals surface area (Å²) in [7, 11) is 6.05. The summed E-state index contributed by atoms with van der Waals surface area (Å²) in [5.41, 5.74) is 0. The number of hydrogen-bond donors (Lipinski definition) is 1. The van der Waals surface area contributed by atoms with E-state index < -0.39 is 0 Å². The first-order valence-electron chi connectivity index (χ1n) is 6.82. The molecule has 0 amide bonds. The van der Waals surface area contributed by atoms with Crippen molar-refractivity contribution in [3.63, 3.8) is 0 Å². The van der Waals surface area contributed by atoms with E-state index >= 15 is 0 Å². The van der Waals surface area contributed by atoms with Crippen LogP contribution < -0.4 is 5.32 Å². The van der Waals surface area contributed by atoms with Crippen LogP contribution in [0.25, 0.3) is 0 Å². The van der Waals surface area contributed by atoms with Gasteiger partial charge in [0.15, 0.2) is 0 Å². The van der Waals surface area contributed by atoms with E-state index in [1.807, 2.05) is 0 Å². The van der Waals surface area contributed by atoms with Crippen molar-refractivity contribution in [1.29, 1.82) is 0 Å². The third kappa shape index (κ3) is 6.36. The monoisotopic (exact) mass is 243 g/mol. The molecular weight excluding hydrogens is 214 g/mol. The molecule has 1 heterocycles. The molecule has 0 aliphatic carbocycles. The van der Waals surface area contributed by atoms with Gasteiger partial charge in [0, 0.05) is 39.3 Å². The molecule has 0 bridgehead atoms. The van der Waals surface area contributed by atoms with Gasteiger partial charge in [-0.2, -0.15) is 0 Å². The lowest BCUT2D eigenvalue weighted by Gasteiger charge is -2.36. The van der Waals surface area contributed by atoms with Crippen LogP contribution in [0.2, 0.25) is 0 Å². The van der Waals surface area contributed by atoms with Crippen molar-refractivity contribution < 1.29 is 4.74 Å². The minimum Gasteiger partial charge on any atom is -0.383 e. The predicted molar refractivity (Wildman–Crippen MR) is 72.5 cm³/mol. The predicted octanol–water partition coefficient (Wildman–Crippen LogP) is 0.639. The summed E-state index contributed by atoms with van der Waals surface area (Å²) in [6.07, 6.45) is 4.09. The summed E-state index contributed by atoms with van der Waals surface area (Å²) >= 11 is 0. The van der Waals surface area contributed by atoms with Crippen LogP contribution in [0.3, 0.4) is 0 Å². The maximum atomic E-state index is 5.05. The van der Waals surface area contributed by atoms with Gasteiger partial charge in [0.05, 0.1) is 6.61 Å². The summed E-state index contributed by atoms with van der Waals surface area (Å²) in [5.74, 6) is 0. The van der Waals surface area contributed by atoms with Crippen LogP contribution in [-0.4, -0.2) is 76.4 Å². The van der Waals surface area contributed by atoms with Gasteiger partial charge < -0.3 is 15.0 Å². The molecule has 1 aliphatic rings. The zero-order valence-corrected chi connectivity index (χ0v) is 11.7. The molecule has 102 valence electrons. The normalized spacial score (nSPS) is 22.2. The van der Waals surface area contributed by atoms with Crippen LogP contribution in [0.4, 0.5) is 0 Å². The van der Waals surface area contributed by atoms with Crippen molar-refractivity contribution in [3.8, 4) is 0 Å². The summed E-state index contributed by atoms with van der Waals surface area (Å²) in [6, 6.07) is 0.723. The minimum absolute atomic E-state index is 0.723. The van der Waals surface area contributed by atoms with Crippen molar-refractivity contribution in [3.05, 3.63) is 0 Å². The molecule has 0 saturated carbocycles. The zero-order chi connectivity index (χ0) is 12.5. The summed E-state index contributed by atoms with van der Waals surface area (Å²) in [6.45, 7) is 6.51. The summed E-state index contributed by atoms with van der Waals surface area (Å²) in [5, 5.41) is 3.49. The Morgan fingerprint density at radius 3 is 2.88 bits per heavy atom. The average molecular weight is 243 g/mol. The smallest absolute Gasteiger partial charge is 0.0587 e. The highest BCUT2D eigenvalue weighted by Gasteiger charge is 2.21. The van der Waals surface area contributed by atoms with Gasteiger partial charge in [-0.15, -0.1) is 0 Å². The fourth-order valence-corrected chi connectivity index (χ4v) is 2.36. The van der Waals surface area contributed by atoms with Crippen LogP contribution in [0, 0.1) is 0 Å². The first-order valence-corrected chi connectivity index (χ1v) is 6.82. The second-order valence-corrected chi connectivity index (χ2v) is 5.19.